The molecule has 1 atom stereocenters. The summed E-state index contributed by atoms with van der Waals surface area (Å²) in [6, 6.07) is 12.1. The highest BCUT2D eigenvalue weighted by atomic mass is 32.2. The molecule has 3 aromatic rings. The maximum absolute atomic E-state index is 12.5. The summed E-state index contributed by atoms with van der Waals surface area (Å²) in [5.74, 6) is 0.667. The number of nitrogens with zero attached hydrogens (tertiary/aromatic N) is 3. The first-order chi connectivity index (χ1) is 12.0. The number of benzene rings is 1. The molecule has 0 aliphatic heterocycles. The van der Waals surface area contributed by atoms with Gasteiger partial charge in [0, 0.05) is 23.1 Å². The number of nitrogens with one attached hydrogen (secondary N) is 1. The number of aromatic nitrogens is 3. The summed E-state index contributed by atoms with van der Waals surface area (Å²) in [7, 11) is 0. The van der Waals surface area contributed by atoms with Crippen LogP contribution in [-0.2, 0) is 4.79 Å². The maximum atomic E-state index is 12.5. The Morgan fingerprint density at radius 1 is 1.20 bits per heavy atom. The van der Waals surface area contributed by atoms with Crippen molar-refractivity contribution in [2.45, 2.75) is 36.4 Å². The van der Waals surface area contributed by atoms with Crippen LogP contribution < -0.4 is 5.32 Å². The number of amides is 1. The molecule has 2 aromatic heterocycles. The Bertz CT molecular complexity index is 842. The van der Waals surface area contributed by atoms with Crippen LogP contribution in [0.3, 0.4) is 0 Å². The molecule has 0 bridgehead atoms. The summed E-state index contributed by atoms with van der Waals surface area (Å²) >= 11 is 3.03. The van der Waals surface area contributed by atoms with Crippen LogP contribution in [-0.4, -0.2) is 25.9 Å². The highest BCUT2D eigenvalue weighted by Crippen LogP contribution is 2.31. The van der Waals surface area contributed by atoms with Crippen molar-refractivity contribution in [1.82, 2.24) is 14.8 Å². The first-order valence-electron chi connectivity index (χ1n) is 8.06. The van der Waals surface area contributed by atoms with Gasteiger partial charge < -0.3 is 5.32 Å². The van der Waals surface area contributed by atoms with Crippen LogP contribution in [0.25, 0.3) is 11.3 Å². The van der Waals surface area contributed by atoms with Crippen molar-refractivity contribution >= 4 is 34.8 Å². The second-order valence-electron chi connectivity index (χ2n) is 5.87. The molecule has 0 fully saturated rings. The van der Waals surface area contributed by atoms with Crippen molar-refractivity contribution in [1.29, 1.82) is 0 Å². The van der Waals surface area contributed by atoms with Gasteiger partial charge in [-0.2, -0.15) is 5.10 Å². The molecular weight excluding hydrogens is 352 g/mol. The smallest absolute Gasteiger partial charge is 0.238 e. The fraction of sp³-hybridized carbons (Fsp3) is 0.278. The van der Waals surface area contributed by atoms with Crippen LogP contribution in [0.4, 0.5) is 5.82 Å². The molecule has 0 spiro atoms. The maximum Gasteiger partial charge on any atom is 0.238 e. The Hall–Kier alpha value is -2.12. The fourth-order valence-corrected chi connectivity index (χ4v) is 4.28. The lowest BCUT2D eigenvalue weighted by Gasteiger charge is -2.14. The summed E-state index contributed by atoms with van der Waals surface area (Å²) in [5, 5.41) is 8.96. The first-order valence-corrected chi connectivity index (χ1v) is 9.82. The average Bonchev–Trinajstić information content (AvgIpc) is 3.25. The Balaban J connectivity index is 1.64. The predicted octanol–water partition coefficient (Wildman–Crippen LogP) is 4.71. The lowest BCUT2D eigenvalue weighted by molar-refractivity contribution is -0.115. The molecule has 25 heavy (non-hydrogen) atoms. The second-order valence-corrected chi connectivity index (χ2v) is 8.31. The van der Waals surface area contributed by atoms with E-state index >= 15 is 0 Å². The number of thioether (sulfide) groups is 1. The third-order valence-electron chi connectivity index (χ3n) is 3.61. The molecule has 0 saturated carbocycles. The molecular formula is C18H20N4OS2. The van der Waals surface area contributed by atoms with E-state index in [0.717, 1.165) is 21.4 Å². The fourth-order valence-electron chi connectivity index (χ4n) is 2.31. The van der Waals surface area contributed by atoms with Gasteiger partial charge in [-0.15, -0.1) is 11.3 Å². The lowest BCUT2D eigenvalue weighted by Crippen LogP contribution is -2.24. The summed E-state index contributed by atoms with van der Waals surface area (Å²) in [5.41, 5.74) is 2.03. The molecule has 0 saturated heterocycles. The van der Waals surface area contributed by atoms with E-state index in [9.17, 15) is 4.79 Å². The van der Waals surface area contributed by atoms with Gasteiger partial charge >= 0.3 is 0 Å². The van der Waals surface area contributed by atoms with Crippen molar-refractivity contribution in [2.24, 2.45) is 0 Å². The van der Waals surface area contributed by atoms with Gasteiger partial charge in [-0.3, -0.25) is 4.79 Å². The summed E-state index contributed by atoms with van der Waals surface area (Å²) in [6.45, 7) is 5.95. The Kier molecular flexibility index (Phi) is 5.55. The average molecular weight is 373 g/mol. The molecule has 1 unspecified atom stereocenters. The van der Waals surface area contributed by atoms with Crippen LogP contribution in [0.2, 0.25) is 0 Å². The zero-order valence-corrected chi connectivity index (χ0v) is 16.0. The number of anilines is 1. The minimum atomic E-state index is -0.245. The minimum absolute atomic E-state index is 0.0520. The molecule has 1 aromatic carbocycles. The minimum Gasteiger partial charge on any atom is -0.310 e. The number of thiazole rings is 1. The number of hydrogen-bond donors (Lipinski definition) is 1. The van der Waals surface area contributed by atoms with Crippen LogP contribution in [0.5, 0.6) is 0 Å². The highest BCUT2D eigenvalue weighted by Gasteiger charge is 2.18. The molecule has 130 valence electrons. The van der Waals surface area contributed by atoms with E-state index in [4.69, 9.17) is 0 Å². The SMILES string of the molecule is CC(Sc1nc(-c2ccccc2)cs1)C(=O)Nc1ccnn1C(C)C. The van der Waals surface area contributed by atoms with Crippen LogP contribution in [0.1, 0.15) is 26.8 Å². The third kappa shape index (κ3) is 4.29. The van der Waals surface area contributed by atoms with Gasteiger partial charge in [-0.25, -0.2) is 9.67 Å². The molecule has 1 amide bonds. The third-order valence-corrected chi connectivity index (χ3v) is 5.68. The molecule has 0 aliphatic rings. The van der Waals surface area contributed by atoms with E-state index in [-0.39, 0.29) is 17.2 Å². The van der Waals surface area contributed by atoms with E-state index in [1.165, 1.54) is 11.8 Å². The lowest BCUT2D eigenvalue weighted by atomic mass is 10.2. The zero-order valence-electron chi connectivity index (χ0n) is 14.3. The molecule has 7 heteroatoms. The van der Waals surface area contributed by atoms with Gasteiger partial charge in [0.2, 0.25) is 5.91 Å². The van der Waals surface area contributed by atoms with Gasteiger partial charge in [0.15, 0.2) is 4.34 Å². The van der Waals surface area contributed by atoms with E-state index in [0.29, 0.717) is 0 Å². The van der Waals surface area contributed by atoms with Gasteiger partial charge in [-0.1, -0.05) is 42.1 Å². The molecule has 3 rings (SSSR count). The Morgan fingerprint density at radius 3 is 2.68 bits per heavy atom. The van der Waals surface area contributed by atoms with Gasteiger partial charge in [0.05, 0.1) is 17.1 Å². The van der Waals surface area contributed by atoms with E-state index in [1.54, 1.807) is 22.2 Å². The quantitative estimate of drug-likeness (QED) is 0.637. The second kappa shape index (κ2) is 7.84. The first kappa shape index (κ1) is 17.7. The van der Waals surface area contributed by atoms with Crippen LogP contribution in [0.15, 0.2) is 52.3 Å². The van der Waals surface area contributed by atoms with E-state index in [1.807, 2.05) is 62.5 Å². The number of carbonyl (C=O) groups is 1. The molecule has 5 nitrogen and oxygen atoms in total. The molecule has 0 radical (unpaired) electrons. The zero-order chi connectivity index (χ0) is 17.8. The van der Waals surface area contributed by atoms with Crippen LogP contribution >= 0.6 is 23.1 Å². The van der Waals surface area contributed by atoms with E-state index in [2.05, 4.69) is 15.4 Å². The molecule has 1 N–H and O–H groups in total. The normalized spacial score (nSPS) is 12.3. The standard InChI is InChI=1S/C18H20N4OS2/c1-12(2)22-16(9-10-19-22)21-17(23)13(3)25-18-20-15(11-24-18)14-7-5-4-6-8-14/h4-13H,1-3H3,(H,21,23). The molecule has 2 heterocycles. The number of carbonyl (C=O) groups excluding carboxylic acids is 1. The largest absolute Gasteiger partial charge is 0.310 e. The van der Waals surface area contributed by atoms with Crippen molar-refractivity contribution < 1.29 is 4.79 Å². The summed E-state index contributed by atoms with van der Waals surface area (Å²) < 4.78 is 2.69. The number of rotatable bonds is 6. The van der Waals surface area contributed by atoms with E-state index < -0.39 is 0 Å². The number of hydrogen-bond acceptors (Lipinski definition) is 5. The van der Waals surface area contributed by atoms with Crippen molar-refractivity contribution in [3.8, 4) is 11.3 Å². The summed E-state index contributed by atoms with van der Waals surface area (Å²) in [6.07, 6.45) is 1.69. The monoisotopic (exact) mass is 372 g/mol. The predicted molar refractivity (Wildman–Crippen MR) is 104 cm³/mol. The Morgan fingerprint density at radius 2 is 1.96 bits per heavy atom. The van der Waals surface area contributed by atoms with Crippen molar-refractivity contribution in [2.75, 3.05) is 5.32 Å². The Labute approximate surface area is 155 Å². The highest BCUT2D eigenvalue weighted by molar-refractivity contribution is 8.02. The summed E-state index contributed by atoms with van der Waals surface area (Å²) in [4.78, 5) is 17.1. The van der Waals surface area contributed by atoms with Crippen molar-refractivity contribution in [3.63, 3.8) is 0 Å². The van der Waals surface area contributed by atoms with Gasteiger partial charge in [-0.05, 0) is 20.8 Å². The van der Waals surface area contributed by atoms with Gasteiger partial charge in [0.25, 0.3) is 0 Å². The van der Waals surface area contributed by atoms with Gasteiger partial charge in [0.1, 0.15) is 5.82 Å². The van der Waals surface area contributed by atoms with Crippen molar-refractivity contribution in [3.05, 3.63) is 48.0 Å². The topological polar surface area (TPSA) is 59.8 Å². The van der Waals surface area contributed by atoms with Crippen LogP contribution in [0, 0.1) is 0 Å². The molecule has 0 aliphatic carbocycles.